The highest BCUT2D eigenvalue weighted by atomic mass is 33.1. The first-order chi connectivity index (χ1) is 5.43. The van der Waals surface area contributed by atoms with Gasteiger partial charge < -0.3 is 4.98 Å². The monoisotopic (exact) mass is 188 g/mol. The van der Waals surface area contributed by atoms with Crippen LogP contribution in [0.25, 0.3) is 0 Å². The van der Waals surface area contributed by atoms with E-state index in [9.17, 15) is 0 Å². The van der Waals surface area contributed by atoms with Crippen LogP contribution in [0.3, 0.4) is 0 Å². The summed E-state index contributed by atoms with van der Waals surface area (Å²) in [5, 5.41) is 1.01. The van der Waals surface area contributed by atoms with E-state index in [1.54, 1.807) is 17.0 Å². The SMILES string of the molecule is CCCCSSc1ncc[nH]1. The van der Waals surface area contributed by atoms with Crippen LogP contribution in [0.2, 0.25) is 0 Å². The van der Waals surface area contributed by atoms with Gasteiger partial charge in [-0.1, -0.05) is 24.1 Å². The molecule has 62 valence electrons. The van der Waals surface area contributed by atoms with Gasteiger partial charge >= 0.3 is 0 Å². The lowest BCUT2D eigenvalue weighted by Gasteiger charge is -1.94. The van der Waals surface area contributed by atoms with Crippen molar-refractivity contribution in [3.63, 3.8) is 0 Å². The molecule has 0 radical (unpaired) electrons. The quantitative estimate of drug-likeness (QED) is 0.569. The van der Waals surface area contributed by atoms with Crippen LogP contribution in [0.15, 0.2) is 17.6 Å². The molecule has 0 atom stereocenters. The smallest absolute Gasteiger partial charge is 0.176 e. The van der Waals surface area contributed by atoms with Crippen LogP contribution in [-0.4, -0.2) is 15.7 Å². The highest BCUT2D eigenvalue weighted by Crippen LogP contribution is 2.28. The van der Waals surface area contributed by atoms with Crippen molar-refractivity contribution < 1.29 is 0 Å². The molecule has 0 fully saturated rings. The molecule has 0 saturated carbocycles. The Morgan fingerprint density at radius 3 is 3.18 bits per heavy atom. The standard InChI is InChI=1S/C7H12N2S2/c1-2-3-6-10-11-7-8-4-5-9-7/h4-5H,2-3,6H2,1H3,(H,8,9). The van der Waals surface area contributed by atoms with Crippen molar-refractivity contribution in [3.05, 3.63) is 12.4 Å². The first kappa shape index (κ1) is 9.00. The van der Waals surface area contributed by atoms with Gasteiger partial charge in [0.05, 0.1) is 0 Å². The van der Waals surface area contributed by atoms with E-state index in [2.05, 4.69) is 16.9 Å². The normalized spacial score (nSPS) is 10.3. The molecular weight excluding hydrogens is 176 g/mol. The number of nitrogens with one attached hydrogen (secondary N) is 1. The largest absolute Gasteiger partial charge is 0.339 e. The number of hydrogen-bond donors (Lipinski definition) is 1. The lowest BCUT2D eigenvalue weighted by atomic mass is 10.4. The molecule has 0 aliphatic rings. The summed E-state index contributed by atoms with van der Waals surface area (Å²) in [6.07, 6.45) is 6.19. The molecule has 11 heavy (non-hydrogen) atoms. The van der Waals surface area contributed by atoms with E-state index < -0.39 is 0 Å². The average Bonchev–Trinajstić information content (AvgIpc) is 2.50. The first-order valence-electron chi connectivity index (χ1n) is 3.72. The maximum Gasteiger partial charge on any atom is 0.176 e. The third-order valence-electron chi connectivity index (χ3n) is 1.19. The Hall–Kier alpha value is -0.0900. The Kier molecular flexibility index (Phi) is 4.54. The lowest BCUT2D eigenvalue weighted by Crippen LogP contribution is -1.74. The zero-order valence-electron chi connectivity index (χ0n) is 6.54. The van der Waals surface area contributed by atoms with Gasteiger partial charge in [-0.15, -0.1) is 0 Å². The fourth-order valence-electron chi connectivity index (χ4n) is 0.597. The van der Waals surface area contributed by atoms with Crippen LogP contribution < -0.4 is 0 Å². The second-order valence-electron chi connectivity index (χ2n) is 2.15. The fraction of sp³-hybridized carbons (Fsp3) is 0.571. The Morgan fingerprint density at radius 2 is 2.55 bits per heavy atom. The van der Waals surface area contributed by atoms with Gasteiger partial charge in [-0.3, -0.25) is 0 Å². The summed E-state index contributed by atoms with van der Waals surface area (Å²) in [5.74, 6) is 1.21. The molecule has 1 aromatic rings. The van der Waals surface area contributed by atoms with E-state index in [1.165, 1.54) is 18.6 Å². The molecule has 0 saturated heterocycles. The van der Waals surface area contributed by atoms with Gasteiger partial charge in [0.1, 0.15) is 0 Å². The molecule has 2 nitrogen and oxygen atoms in total. The molecule has 1 rings (SSSR count). The molecule has 0 bridgehead atoms. The lowest BCUT2D eigenvalue weighted by molar-refractivity contribution is 0.898. The second-order valence-corrected chi connectivity index (χ2v) is 4.56. The summed E-state index contributed by atoms with van der Waals surface area (Å²) < 4.78 is 0. The Bertz CT molecular complexity index is 175. The molecule has 0 aromatic carbocycles. The van der Waals surface area contributed by atoms with Crippen LogP contribution in [-0.2, 0) is 0 Å². The predicted octanol–water partition coefficient (Wildman–Crippen LogP) is 2.95. The molecule has 0 amide bonds. The molecule has 0 aliphatic heterocycles. The van der Waals surface area contributed by atoms with Crippen LogP contribution in [0.1, 0.15) is 19.8 Å². The minimum Gasteiger partial charge on any atom is -0.339 e. The summed E-state index contributed by atoms with van der Waals surface area (Å²) in [4.78, 5) is 7.15. The van der Waals surface area contributed by atoms with Gasteiger partial charge in [0.2, 0.25) is 0 Å². The van der Waals surface area contributed by atoms with Gasteiger partial charge in [-0.2, -0.15) is 0 Å². The van der Waals surface area contributed by atoms with Crippen molar-refractivity contribution in [1.82, 2.24) is 9.97 Å². The van der Waals surface area contributed by atoms with Gasteiger partial charge in [-0.05, 0) is 17.2 Å². The number of aromatic amines is 1. The number of nitrogens with zero attached hydrogens (tertiary/aromatic N) is 1. The van der Waals surface area contributed by atoms with Gasteiger partial charge in [-0.25, -0.2) is 4.98 Å². The van der Waals surface area contributed by atoms with Crippen molar-refractivity contribution >= 4 is 21.6 Å². The van der Waals surface area contributed by atoms with Crippen molar-refractivity contribution in [3.8, 4) is 0 Å². The topological polar surface area (TPSA) is 28.7 Å². The first-order valence-corrected chi connectivity index (χ1v) is 6.04. The summed E-state index contributed by atoms with van der Waals surface area (Å²) in [6, 6.07) is 0. The Labute approximate surface area is 75.0 Å². The van der Waals surface area contributed by atoms with E-state index in [0.717, 1.165) is 5.16 Å². The molecular formula is C7H12N2S2. The molecule has 4 heteroatoms. The van der Waals surface area contributed by atoms with E-state index in [-0.39, 0.29) is 0 Å². The zero-order chi connectivity index (χ0) is 7.94. The minimum atomic E-state index is 1.01. The number of hydrogen-bond acceptors (Lipinski definition) is 3. The van der Waals surface area contributed by atoms with Crippen LogP contribution in [0.4, 0.5) is 0 Å². The Morgan fingerprint density at radius 1 is 1.64 bits per heavy atom. The fourth-order valence-corrected chi connectivity index (χ4v) is 2.63. The summed E-state index contributed by atoms with van der Waals surface area (Å²) in [7, 11) is 3.58. The van der Waals surface area contributed by atoms with Crippen LogP contribution >= 0.6 is 21.6 Å². The van der Waals surface area contributed by atoms with E-state index in [4.69, 9.17) is 0 Å². The van der Waals surface area contributed by atoms with E-state index >= 15 is 0 Å². The number of H-pyrrole nitrogens is 1. The van der Waals surface area contributed by atoms with Crippen LogP contribution in [0, 0.1) is 0 Å². The number of imidazole rings is 1. The third kappa shape index (κ3) is 3.72. The molecule has 0 unspecified atom stereocenters. The maximum atomic E-state index is 4.10. The van der Waals surface area contributed by atoms with Gasteiger partial charge in [0.15, 0.2) is 5.16 Å². The number of aromatic nitrogens is 2. The molecule has 0 aliphatic carbocycles. The molecule has 0 spiro atoms. The summed E-state index contributed by atoms with van der Waals surface area (Å²) >= 11 is 0. The summed E-state index contributed by atoms with van der Waals surface area (Å²) in [6.45, 7) is 2.21. The average molecular weight is 188 g/mol. The van der Waals surface area contributed by atoms with Crippen molar-refractivity contribution in [1.29, 1.82) is 0 Å². The highest BCUT2D eigenvalue weighted by Gasteiger charge is 1.94. The zero-order valence-corrected chi connectivity index (χ0v) is 8.17. The van der Waals surface area contributed by atoms with Crippen molar-refractivity contribution in [2.75, 3.05) is 5.75 Å². The van der Waals surface area contributed by atoms with Crippen molar-refractivity contribution in [2.45, 2.75) is 24.9 Å². The second kappa shape index (κ2) is 5.55. The summed E-state index contributed by atoms with van der Waals surface area (Å²) in [5.41, 5.74) is 0. The van der Waals surface area contributed by atoms with E-state index in [1.807, 2.05) is 17.0 Å². The molecule has 1 N–H and O–H groups in total. The van der Waals surface area contributed by atoms with Gasteiger partial charge in [0, 0.05) is 18.1 Å². The molecule has 1 heterocycles. The Balaban J connectivity index is 2.04. The van der Waals surface area contributed by atoms with Crippen molar-refractivity contribution in [2.24, 2.45) is 0 Å². The number of unbranched alkanes of at least 4 members (excludes halogenated alkanes) is 1. The predicted molar refractivity (Wildman–Crippen MR) is 51.8 cm³/mol. The minimum absolute atomic E-state index is 1.01. The highest BCUT2D eigenvalue weighted by molar-refractivity contribution is 8.76. The van der Waals surface area contributed by atoms with Crippen LogP contribution in [0.5, 0.6) is 0 Å². The van der Waals surface area contributed by atoms with Gasteiger partial charge in [0.25, 0.3) is 0 Å². The molecule has 1 aromatic heterocycles. The maximum absolute atomic E-state index is 4.10. The third-order valence-corrected chi connectivity index (χ3v) is 3.47. The number of rotatable bonds is 5. The van der Waals surface area contributed by atoms with E-state index in [0.29, 0.717) is 0 Å².